The van der Waals surface area contributed by atoms with Gasteiger partial charge < -0.3 is 11.1 Å². The van der Waals surface area contributed by atoms with Gasteiger partial charge in [0.15, 0.2) is 0 Å². The highest BCUT2D eigenvalue weighted by Crippen LogP contribution is 2.29. The average Bonchev–Trinajstić information content (AvgIpc) is 3.01. The fourth-order valence-electron chi connectivity index (χ4n) is 2.53. The fraction of sp³-hybridized carbons (Fsp3) is 0.167. The van der Waals surface area contributed by atoms with E-state index in [-0.39, 0.29) is 11.7 Å². The summed E-state index contributed by atoms with van der Waals surface area (Å²) >= 11 is 1.70. The molecule has 1 aromatic carbocycles. The third kappa shape index (κ3) is 3.78. The predicted octanol–water partition coefficient (Wildman–Crippen LogP) is 3.34. The Morgan fingerprint density at radius 3 is 2.71 bits per heavy atom. The average molecular weight is 338 g/mol. The maximum absolute atomic E-state index is 11.3. The molecule has 0 saturated carbocycles. The van der Waals surface area contributed by atoms with Gasteiger partial charge >= 0.3 is 0 Å². The smallest absolute Gasteiger partial charge is 0.268 e. The molecule has 3 aromatic rings. The number of benzene rings is 1. The molecule has 2 heterocycles. The predicted molar refractivity (Wildman–Crippen MR) is 96.1 cm³/mol. The van der Waals surface area contributed by atoms with Crippen molar-refractivity contribution in [2.45, 2.75) is 19.4 Å². The monoisotopic (exact) mass is 338 g/mol. The lowest BCUT2D eigenvalue weighted by Crippen LogP contribution is -2.18. The summed E-state index contributed by atoms with van der Waals surface area (Å²) in [5, 5.41) is 5.47. The van der Waals surface area contributed by atoms with E-state index in [4.69, 9.17) is 5.73 Å². The highest BCUT2D eigenvalue weighted by atomic mass is 32.1. The molecule has 0 radical (unpaired) electrons. The number of amides is 1. The zero-order valence-electron chi connectivity index (χ0n) is 13.3. The Morgan fingerprint density at radius 2 is 2.04 bits per heavy atom. The van der Waals surface area contributed by atoms with Gasteiger partial charge in [0.2, 0.25) is 0 Å². The number of aryl methyl sites for hydroxylation is 1. The van der Waals surface area contributed by atoms with Crippen LogP contribution in [-0.4, -0.2) is 15.9 Å². The number of hydrogen-bond acceptors (Lipinski definition) is 5. The molecular formula is C18H18N4OS. The molecule has 5 nitrogen and oxygen atoms in total. The first-order valence-corrected chi connectivity index (χ1v) is 8.48. The standard InChI is InChI=1S/C18H18N4OS/c1-12-7-8-24-17(12)14(9-13-5-3-2-4-6-13)21-16-11-20-10-15(22-16)18(19)23/h2-8,10-11,14H,9H2,1H3,(H2,19,23)(H,21,22). The van der Waals surface area contributed by atoms with E-state index in [1.807, 2.05) is 18.2 Å². The summed E-state index contributed by atoms with van der Waals surface area (Å²) in [7, 11) is 0. The number of thiophene rings is 1. The van der Waals surface area contributed by atoms with Crippen molar-refractivity contribution >= 4 is 23.1 Å². The lowest BCUT2D eigenvalue weighted by molar-refractivity contribution is 0.0995. The summed E-state index contributed by atoms with van der Waals surface area (Å²) in [6, 6.07) is 12.4. The molecule has 0 spiro atoms. The van der Waals surface area contributed by atoms with Crippen LogP contribution in [0.25, 0.3) is 0 Å². The number of carbonyl (C=O) groups is 1. The molecule has 0 aliphatic heterocycles. The second-order valence-corrected chi connectivity index (χ2v) is 6.46. The Balaban J connectivity index is 1.89. The van der Waals surface area contributed by atoms with Gasteiger partial charge in [-0.05, 0) is 35.9 Å². The van der Waals surface area contributed by atoms with Crippen molar-refractivity contribution in [3.8, 4) is 0 Å². The first-order chi connectivity index (χ1) is 11.6. The highest BCUT2D eigenvalue weighted by molar-refractivity contribution is 7.10. The number of rotatable bonds is 6. The normalized spacial score (nSPS) is 11.9. The van der Waals surface area contributed by atoms with Crippen LogP contribution in [0.1, 0.15) is 32.5 Å². The van der Waals surface area contributed by atoms with E-state index in [1.165, 1.54) is 22.2 Å². The molecule has 3 N–H and O–H groups in total. The van der Waals surface area contributed by atoms with E-state index in [1.54, 1.807) is 17.5 Å². The van der Waals surface area contributed by atoms with Gasteiger partial charge in [-0.1, -0.05) is 30.3 Å². The Hall–Kier alpha value is -2.73. The molecule has 0 saturated heterocycles. The molecule has 0 aliphatic carbocycles. The molecule has 1 atom stereocenters. The Labute approximate surface area is 144 Å². The number of nitrogens with two attached hydrogens (primary N) is 1. The van der Waals surface area contributed by atoms with Crippen molar-refractivity contribution in [2.24, 2.45) is 5.73 Å². The summed E-state index contributed by atoms with van der Waals surface area (Å²) in [4.78, 5) is 20.8. The number of carbonyl (C=O) groups excluding carboxylic acids is 1. The van der Waals surface area contributed by atoms with Gasteiger partial charge in [-0.25, -0.2) is 4.98 Å². The van der Waals surface area contributed by atoms with E-state index in [9.17, 15) is 4.79 Å². The Kier molecular flexibility index (Phi) is 4.86. The zero-order valence-corrected chi connectivity index (χ0v) is 14.1. The fourth-order valence-corrected chi connectivity index (χ4v) is 3.51. The number of nitrogens with one attached hydrogen (secondary N) is 1. The summed E-state index contributed by atoms with van der Waals surface area (Å²) in [6.45, 7) is 2.09. The molecule has 1 amide bonds. The van der Waals surface area contributed by atoms with Crippen molar-refractivity contribution in [1.29, 1.82) is 0 Å². The van der Waals surface area contributed by atoms with Crippen LogP contribution in [0.2, 0.25) is 0 Å². The molecule has 2 aromatic heterocycles. The van der Waals surface area contributed by atoms with Crippen LogP contribution in [0.4, 0.5) is 5.82 Å². The Morgan fingerprint density at radius 1 is 1.25 bits per heavy atom. The molecule has 1 unspecified atom stereocenters. The van der Waals surface area contributed by atoms with Crippen LogP contribution >= 0.6 is 11.3 Å². The highest BCUT2D eigenvalue weighted by Gasteiger charge is 2.17. The van der Waals surface area contributed by atoms with E-state index in [0.717, 1.165) is 6.42 Å². The van der Waals surface area contributed by atoms with Crippen molar-refractivity contribution < 1.29 is 4.79 Å². The minimum Gasteiger partial charge on any atom is -0.364 e. The lowest BCUT2D eigenvalue weighted by atomic mass is 10.0. The molecule has 0 bridgehead atoms. The first kappa shape index (κ1) is 16.1. The largest absolute Gasteiger partial charge is 0.364 e. The first-order valence-electron chi connectivity index (χ1n) is 7.60. The van der Waals surface area contributed by atoms with Gasteiger partial charge in [0.05, 0.1) is 18.4 Å². The SMILES string of the molecule is Cc1ccsc1C(Cc1ccccc1)Nc1cncc(C(N)=O)n1. The second-order valence-electron chi connectivity index (χ2n) is 5.51. The van der Waals surface area contributed by atoms with Gasteiger partial charge in [0, 0.05) is 4.88 Å². The van der Waals surface area contributed by atoms with Crippen molar-refractivity contribution in [3.05, 3.63) is 75.9 Å². The van der Waals surface area contributed by atoms with E-state index < -0.39 is 5.91 Å². The van der Waals surface area contributed by atoms with E-state index in [0.29, 0.717) is 5.82 Å². The van der Waals surface area contributed by atoms with Crippen molar-refractivity contribution in [3.63, 3.8) is 0 Å². The molecule has 3 rings (SSSR count). The maximum atomic E-state index is 11.3. The van der Waals surface area contributed by atoms with Crippen LogP contribution in [-0.2, 0) is 6.42 Å². The molecule has 0 fully saturated rings. The molecule has 122 valence electrons. The quantitative estimate of drug-likeness (QED) is 0.722. The molecular weight excluding hydrogens is 320 g/mol. The van der Waals surface area contributed by atoms with Crippen LogP contribution in [0, 0.1) is 6.92 Å². The lowest BCUT2D eigenvalue weighted by Gasteiger charge is -2.19. The third-order valence-electron chi connectivity index (χ3n) is 3.71. The third-order valence-corrected chi connectivity index (χ3v) is 4.84. The zero-order chi connectivity index (χ0) is 16.9. The van der Waals surface area contributed by atoms with Crippen LogP contribution in [0.5, 0.6) is 0 Å². The molecule has 0 aliphatic rings. The molecule has 6 heteroatoms. The van der Waals surface area contributed by atoms with Crippen molar-refractivity contribution in [1.82, 2.24) is 9.97 Å². The summed E-state index contributed by atoms with van der Waals surface area (Å²) in [5.41, 5.74) is 7.90. The van der Waals surface area contributed by atoms with Crippen LogP contribution in [0.3, 0.4) is 0 Å². The van der Waals surface area contributed by atoms with E-state index in [2.05, 4.69) is 45.8 Å². The molecule has 24 heavy (non-hydrogen) atoms. The number of hydrogen-bond donors (Lipinski definition) is 2. The number of nitrogens with zero attached hydrogens (tertiary/aromatic N) is 2. The maximum Gasteiger partial charge on any atom is 0.268 e. The van der Waals surface area contributed by atoms with E-state index >= 15 is 0 Å². The van der Waals surface area contributed by atoms with Crippen LogP contribution in [0.15, 0.2) is 54.2 Å². The van der Waals surface area contributed by atoms with Crippen molar-refractivity contribution in [2.75, 3.05) is 5.32 Å². The van der Waals surface area contributed by atoms with Gasteiger partial charge in [-0.3, -0.25) is 9.78 Å². The number of primary amides is 1. The Bertz CT molecular complexity index is 832. The second kappa shape index (κ2) is 7.23. The van der Waals surface area contributed by atoms with Crippen LogP contribution < -0.4 is 11.1 Å². The van der Waals surface area contributed by atoms with Gasteiger partial charge in [-0.15, -0.1) is 11.3 Å². The number of anilines is 1. The summed E-state index contributed by atoms with van der Waals surface area (Å²) < 4.78 is 0. The van der Waals surface area contributed by atoms with Gasteiger partial charge in [0.1, 0.15) is 11.5 Å². The topological polar surface area (TPSA) is 80.9 Å². The summed E-state index contributed by atoms with van der Waals surface area (Å²) in [5.74, 6) is -0.0434. The summed E-state index contributed by atoms with van der Waals surface area (Å²) in [6.07, 6.45) is 3.79. The minimum atomic E-state index is -0.585. The van der Waals surface area contributed by atoms with Gasteiger partial charge in [-0.2, -0.15) is 0 Å². The van der Waals surface area contributed by atoms with Gasteiger partial charge in [0.25, 0.3) is 5.91 Å². The number of aromatic nitrogens is 2. The minimum absolute atomic E-state index is 0.0461.